The summed E-state index contributed by atoms with van der Waals surface area (Å²) in [7, 11) is 0. The third kappa shape index (κ3) is 13.6. The van der Waals surface area contributed by atoms with Crippen LogP contribution < -0.4 is 26.2 Å². The van der Waals surface area contributed by atoms with Gasteiger partial charge in [0.1, 0.15) is 0 Å². The van der Waals surface area contributed by atoms with E-state index in [9.17, 15) is 0 Å². The van der Waals surface area contributed by atoms with Crippen molar-refractivity contribution in [1.82, 2.24) is 29.9 Å². The smallest absolute Gasteiger partial charge is 0.252 e. The first-order valence-electron chi connectivity index (χ1n) is 37.5. The molecule has 0 saturated carbocycles. The van der Waals surface area contributed by atoms with Gasteiger partial charge in [0.15, 0.2) is 34.9 Å². The highest BCUT2D eigenvalue weighted by Crippen LogP contribution is 2.57. The molecule has 2 aliphatic rings. The first-order valence-corrected chi connectivity index (χ1v) is 37.5. The second kappa shape index (κ2) is 30.2. The molecule has 109 heavy (non-hydrogen) atoms. The molecule has 0 bridgehead atoms. The van der Waals surface area contributed by atoms with E-state index in [1.165, 1.54) is 0 Å². The van der Waals surface area contributed by atoms with E-state index < -0.39 is 12.1 Å². The van der Waals surface area contributed by atoms with Crippen LogP contribution in [0, 0.1) is 0 Å². The van der Waals surface area contributed by atoms with Gasteiger partial charge >= 0.3 is 0 Å². The Balaban J connectivity index is 1.13. The average molecular weight is 1400 g/mol. The van der Waals surface area contributed by atoms with E-state index in [4.69, 9.17) is 36.5 Å². The molecule has 2 aromatic heterocycles. The fourth-order valence-electron chi connectivity index (χ4n) is 15.7. The SMILES string of the molecule is C=CCCC(=C)/C(=C\N1c2ccc(-c3ccccc3)cc2B2c3cc(-c4ccccc4)ccc3N(c3c(-c4ccccc4)cccc3-c3ccccc3)c3c2c1c(-c1nc(-c2ccccc2)nc(-c2ccccc2)n1)c(C(C)(C)C)c3-c1nc(-c2ccccc2)nc(-c2ccccc2)n1)CC/C=C/c1ccccc1. The Morgan fingerprint density at radius 1 is 0.367 bits per heavy atom. The van der Waals surface area contributed by atoms with E-state index >= 15 is 0 Å². The van der Waals surface area contributed by atoms with Gasteiger partial charge in [-0.15, -0.1) is 6.58 Å². The van der Waals surface area contributed by atoms with Crippen molar-refractivity contribution in [2.75, 3.05) is 9.80 Å². The number of para-hydroxylation sites is 1. The van der Waals surface area contributed by atoms with Gasteiger partial charge in [-0.25, -0.2) is 29.9 Å². The van der Waals surface area contributed by atoms with Gasteiger partial charge in [-0.05, 0) is 110 Å². The summed E-state index contributed by atoms with van der Waals surface area (Å²) >= 11 is 0. The van der Waals surface area contributed by atoms with Crippen LogP contribution >= 0.6 is 0 Å². The zero-order chi connectivity index (χ0) is 73.8. The molecule has 0 atom stereocenters. The normalized spacial score (nSPS) is 12.4. The molecule has 9 heteroatoms. The molecule has 0 amide bonds. The average Bonchev–Trinajstić information content (AvgIpc) is 0.673. The van der Waals surface area contributed by atoms with Crippen LogP contribution in [0.1, 0.15) is 57.6 Å². The summed E-state index contributed by atoms with van der Waals surface area (Å²) in [5.74, 6) is 3.09. The second-order valence-electron chi connectivity index (χ2n) is 28.9. The van der Waals surface area contributed by atoms with Crippen molar-refractivity contribution in [3.63, 3.8) is 0 Å². The number of rotatable bonds is 20. The van der Waals surface area contributed by atoms with Gasteiger partial charge in [-0.1, -0.05) is 367 Å². The minimum atomic E-state index is -0.791. The van der Waals surface area contributed by atoms with E-state index in [-0.39, 0.29) is 0 Å². The number of aromatic nitrogens is 6. The topological polar surface area (TPSA) is 83.8 Å². The van der Waals surface area contributed by atoms with Crippen LogP contribution in [0.25, 0.3) is 119 Å². The van der Waals surface area contributed by atoms with Crippen LogP contribution in [-0.4, -0.2) is 36.6 Å². The lowest BCUT2D eigenvalue weighted by atomic mass is 9.32. The zero-order valence-electron chi connectivity index (χ0n) is 61.4. The minimum Gasteiger partial charge on any atom is -0.317 e. The summed E-state index contributed by atoms with van der Waals surface area (Å²) in [5, 5.41) is 0. The fraction of sp³-hybridized carbons (Fsp3) is 0.0800. The maximum absolute atomic E-state index is 5.97. The summed E-state index contributed by atoms with van der Waals surface area (Å²) in [6, 6.07) is 116. The molecule has 0 unspecified atom stereocenters. The quantitative estimate of drug-likeness (QED) is 0.0424. The van der Waals surface area contributed by atoms with E-state index in [1.807, 2.05) is 30.3 Å². The van der Waals surface area contributed by atoms with E-state index in [2.05, 4.69) is 359 Å². The molecule has 0 aliphatic carbocycles. The molecule has 0 fully saturated rings. The molecule has 0 radical (unpaired) electrons. The standard InChI is InChI=1S/C100H79BN8/c1-6-7-38-68(2)80(58-36-35-41-69-39-17-8-18-40-69)67-108-85-63-61-78(70-42-19-9-20-43-70)65-83(85)101-84-66-79(71-44-21-10-22-45-71)62-64-86(84)109(91-81(72-46-23-11-24-47-72)59-37-60-82(91)73-48-25-12-26-49-73)93-88(99-106-96(76-54-31-15-32-55-76)103-97(107-99)77-56-33-16-34-57-77)89(100(3,4)5)87(92(108)90(93)101)98-104-94(74-50-27-13-28-51-74)102-95(105-98)75-52-29-14-30-53-75/h6,8-35,37,39-57,59-67H,1-2,7,36,38,58H2,3-5H3/b41-35+,80-67-. The highest BCUT2D eigenvalue weighted by molar-refractivity contribution is 7.00. The van der Waals surface area contributed by atoms with Crippen LogP contribution in [0.4, 0.5) is 28.4 Å². The zero-order valence-corrected chi connectivity index (χ0v) is 61.4. The van der Waals surface area contributed by atoms with Crippen LogP contribution in [0.2, 0.25) is 0 Å². The van der Waals surface area contributed by atoms with Crippen molar-refractivity contribution < 1.29 is 0 Å². The highest BCUT2D eigenvalue weighted by atomic mass is 15.2. The number of fused-ring (bicyclic) bond motifs is 4. The molecule has 0 spiro atoms. The first-order chi connectivity index (χ1) is 53.6. The molecule has 522 valence electrons. The largest absolute Gasteiger partial charge is 0.317 e. The monoisotopic (exact) mass is 1400 g/mol. The second-order valence-corrected chi connectivity index (χ2v) is 28.9. The van der Waals surface area contributed by atoms with Crippen molar-refractivity contribution in [2.24, 2.45) is 0 Å². The molecule has 2 aliphatic heterocycles. The summed E-state index contributed by atoms with van der Waals surface area (Å²) < 4.78 is 0. The Kier molecular flexibility index (Phi) is 19.0. The van der Waals surface area contributed by atoms with Gasteiger partial charge in [0.25, 0.3) is 6.71 Å². The lowest BCUT2D eigenvalue weighted by Crippen LogP contribution is -2.62. The molecule has 17 rings (SSSR count). The van der Waals surface area contributed by atoms with Crippen molar-refractivity contribution in [3.05, 3.63) is 381 Å². The van der Waals surface area contributed by atoms with Crippen LogP contribution in [-0.2, 0) is 5.41 Å². The lowest BCUT2D eigenvalue weighted by molar-refractivity contribution is 0.592. The van der Waals surface area contributed by atoms with Crippen LogP contribution in [0.15, 0.2) is 370 Å². The number of hydrogen-bond acceptors (Lipinski definition) is 8. The Labute approximate surface area is 639 Å². The maximum atomic E-state index is 5.97. The third-order valence-electron chi connectivity index (χ3n) is 20.7. The van der Waals surface area contributed by atoms with Gasteiger partial charge < -0.3 is 9.80 Å². The van der Waals surface area contributed by atoms with Crippen molar-refractivity contribution >= 4 is 57.6 Å². The number of hydrogen-bond donors (Lipinski definition) is 0. The summed E-state index contributed by atoms with van der Waals surface area (Å²) in [6.07, 6.45) is 11.8. The molecule has 15 aromatic rings. The van der Waals surface area contributed by atoms with E-state index in [0.717, 1.165) is 158 Å². The van der Waals surface area contributed by atoms with Gasteiger partial charge in [-0.2, -0.15) is 0 Å². The van der Waals surface area contributed by atoms with Gasteiger partial charge in [-0.3, -0.25) is 0 Å². The van der Waals surface area contributed by atoms with Gasteiger partial charge in [0.2, 0.25) is 0 Å². The molecular formula is C100H79BN8. The highest BCUT2D eigenvalue weighted by Gasteiger charge is 2.50. The maximum Gasteiger partial charge on any atom is 0.252 e. The summed E-state index contributed by atoms with van der Waals surface area (Å²) in [5.41, 5.74) is 25.0. The van der Waals surface area contributed by atoms with Gasteiger partial charge in [0.05, 0.1) is 17.1 Å². The lowest BCUT2D eigenvalue weighted by Gasteiger charge is -2.47. The fourth-order valence-corrected chi connectivity index (χ4v) is 15.7. The Bertz CT molecular complexity index is 5740. The predicted octanol–water partition coefficient (Wildman–Crippen LogP) is 23.7. The van der Waals surface area contributed by atoms with Crippen LogP contribution in [0.5, 0.6) is 0 Å². The Hall–Kier alpha value is -13.5. The van der Waals surface area contributed by atoms with Crippen molar-refractivity contribution in [1.29, 1.82) is 0 Å². The molecular weight excluding hydrogens is 1320 g/mol. The predicted molar refractivity (Wildman–Crippen MR) is 456 cm³/mol. The summed E-state index contributed by atoms with van der Waals surface area (Å²) in [4.78, 5) is 39.9. The molecule has 8 nitrogen and oxygen atoms in total. The van der Waals surface area contributed by atoms with Crippen LogP contribution in [0.3, 0.4) is 0 Å². The molecule has 13 aromatic carbocycles. The third-order valence-corrected chi connectivity index (χ3v) is 20.7. The summed E-state index contributed by atoms with van der Waals surface area (Å²) in [6.45, 7) is 15.8. The number of allylic oxidation sites excluding steroid dienone is 4. The number of nitrogens with zero attached hydrogens (tertiary/aromatic N) is 8. The van der Waals surface area contributed by atoms with Gasteiger partial charge in [0, 0.05) is 62.1 Å². The Morgan fingerprint density at radius 2 is 0.743 bits per heavy atom. The molecule has 0 N–H and O–H groups in total. The van der Waals surface area contributed by atoms with E-state index in [1.54, 1.807) is 0 Å². The van der Waals surface area contributed by atoms with E-state index in [0.29, 0.717) is 47.8 Å². The van der Waals surface area contributed by atoms with Crippen molar-refractivity contribution in [3.8, 4) is 113 Å². The Morgan fingerprint density at radius 3 is 1.17 bits per heavy atom. The molecule has 4 heterocycles. The first kappa shape index (κ1) is 68.6. The minimum absolute atomic E-state index is 0.485. The van der Waals surface area contributed by atoms with Crippen molar-refractivity contribution in [2.45, 2.75) is 51.9 Å². The number of benzene rings is 13. The molecule has 0 saturated heterocycles. The number of anilines is 5.